The number of carbonyl (C=O) groups excluding carboxylic acids is 1. The smallest absolute Gasteiger partial charge is 0.155 e. The van der Waals surface area contributed by atoms with Crippen molar-refractivity contribution in [2.45, 2.75) is 85.1 Å². The minimum Gasteiger partial charge on any atom is -0.303 e. The van der Waals surface area contributed by atoms with E-state index in [1.807, 2.05) is 32.5 Å². The second-order valence-electron chi connectivity index (χ2n) is 8.31. The molecule has 19 heavy (non-hydrogen) atoms. The first-order valence-corrected chi connectivity index (χ1v) is 8.17. The Labute approximate surface area is 124 Å². The van der Waals surface area contributed by atoms with Crippen molar-refractivity contribution in [3.63, 3.8) is 0 Å². The summed E-state index contributed by atoms with van der Waals surface area (Å²) in [5.74, 6) is 1.33. The zero-order valence-electron chi connectivity index (χ0n) is 14.3. The first-order chi connectivity index (χ1) is 8.22. The molecule has 0 saturated heterocycles. The van der Waals surface area contributed by atoms with E-state index in [0.717, 1.165) is 12.2 Å². The van der Waals surface area contributed by atoms with Crippen LogP contribution >= 0.6 is 11.8 Å². The highest BCUT2D eigenvalue weighted by molar-refractivity contribution is 8.00. The molecule has 0 rings (SSSR count). The predicted octanol–water partition coefficient (Wildman–Crippen LogP) is 4.28. The van der Waals surface area contributed by atoms with Gasteiger partial charge in [-0.1, -0.05) is 41.5 Å². The largest absolute Gasteiger partial charge is 0.303 e. The third-order valence-corrected chi connectivity index (χ3v) is 3.91. The maximum atomic E-state index is 12.5. The van der Waals surface area contributed by atoms with Gasteiger partial charge in [-0.2, -0.15) is 11.8 Å². The maximum Gasteiger partial charge on any atom is 0.155 e. The Morgan fingerprint density at radius 2 is 1.47 bits per heavy atom. The Morgan fingerprint density at radius 1 is 1.00 bits per heavy atom. The van der Waals surface area contributed by atoms with Gasteiger partial charge in [0.05, 0.1) is 6.04 Å². The van der Waals surface area contributed by atoms with Crippen LogP contribution < -0.4 is 5.32 Å². The quantitative estimate of drug-likeness (QED) is 0.818. The lowest BCUT2D eigenvalue weighted by atomic mass is 9.84. The van der Waals surface area contributed by atoms with Crippen LogP contribution in [0.25, 0.3) is 0 Å². The lowest BCUT2D eigenvalue weighted by molar-refractivity contribution is -0.129. The fourth-order valence-corrected chi connectivity index (χ4v) is 2.76. The minimum absolute atomic E-state index is 0.0298. The number of ketones is 1. The summed E-state index contributed by atoms with van der Waals surface area (Å²) in [7, 11) is 0. The van der Waals surface area contributed by atoms with Crippen molar-refractivity contribution in [2.24, 2.45) is 5.41 Å². The SMILES string of the molecule is CC(C)(C)N[C@H](CCSC(C)(C)C)C(=O)C(C)(C)C. The molecule has 0 unspecified atom stereocenters. The average molecular weight is 288 g/mol. The van der Waals surface area contributed by atoms with E-state index in [9.17, 15) is 4.79 Å². The van der Waals surface area contributed by atoms with E-state index in [2.05, 4.69) is 46.9 Å². The predicted molar refractivity (Wildman–Crippen MR) is 88.0 cm³/mol. The van der Waals surface area contributed by atoms with E-state index in [4.69, 9.17) is 0 Å². The van der Waals surface area contributed by atoms with Gasteiger partial charge in [-0.15, -0.1) is 0 Å². The number of nitrogens with one attached hydrogen (secondary N) is 1. The van der Waals surface area contributed by atoms with Crippen molar-refractivity contribution in [2.75, 3.05) is 5.75 Å². The summed E-state index contributed by atoms with van der Waals surface area (Å²) < 4.78 is 0.261. The molecule has 0 aromatic heterocycles. The molecule has 0 radical (unpaired) electrons. The summed E-state index contributed by atoms with van der Waals surface area (Å²) in [6, 6.07) is -0.0464. The van der Waals surface area contributed by atoms with Gasteiger partial charge >= 0.3 is 0 Å². The van der Waals surface area contributed by atoms with Crippen LogP contribution in [-0.2, 0) is 4.79 Å². The monoisotopic (exact) mass is 287 g/mol. The van der Waals surface area contributed by atoms with E-state index in [1.165, 1.54) is 0 Å². The van der Waals surface area contributed by atoms with Crippen molar-refractivity contribution >= 4 is 17.5 Å². The molecule has 2 nitrogen and oxygen atoms in total. The fourth-order valence-electron chi connectivity index (χ4n) is 1.80. The van der Waals surface area contributed by atoms with E-state index in [0.29, 0.717) is 5.78 Å². The minimum atomic E-state index is -0.282. The highest BCUT2D eigenvalue weighted by Gasteiger charge is 2.31. The van der Waals surface area contributed by atoms with E-state index in [1.54, 1.807) is 0 Å². The highest BCUT2D eigenvalue weighted by atomic mass is 32.2. The molecule has 0 aromatic rings. The summed E-state index contributed by atoms with van der Waals surface area (Å²) in [4.78, 5) is 12.5. The van der Waals surface area contributed by atoms with Crippen molar-refractivity contribution < 1.29 is 4.79 Å². The molecule has 0 fully saturated rings. The van der Waals surface area contributed by atoms with Crippen LogP contribution in [0.2, 0.25) is 0 Å². The summed E-state index contributed by atoms with van der Waals surface area (Å²) in [6.45, 7) is 19.0. The molecule has 0 aromatic carbocycles. The van der Waals surface area contributed by atoms with Gasteiger partial charge in [0.15, 0.2) is 5.78 Å². The van der Waals surface area contributed by atoms with Gasteiger partial charge in [0.2, 0.25) is 0 Å². The summed E-state index contributed by atoms with van der Waals surface area (Å²) in [5, 5.41) is 3.49. The molecule has 0 aliphatic rings. The average Bonchev–Trinajstić information content (AvgIpc) is 2.09. The molecule has 0 bridgehead atoms. The fraction of sp³-hybridized carbons (Fsp3) is 0.938. The van der Waals surface area contributed by atoms with Crippen LogP contribution in [0, 0.1) is 5.41 Å². The number of Topliss-reactive ketones (excluding diaryl/α,β-unsaturated/α-hetero) is 1. The summed E-state index contributed by atoms with van der Waals surface area (Å²) in [6.07, 6.45) is 0.898. The van der Waals surface area contributed by atoms with Gasteiger partial charge < -0.3 is 5.32 Å². The summed E-state index contributed by atoms with van der Waals surface area (Å²) in [5.41, 5.74) is -0.312. The molecular formula is C16H33NOS. The Balaban J connectivity index is 4.66. The van der Waals surface area contributed by atoms with E-state index >= 15 is 0 Å². The molecule has 0 spiro atoms. The number of carbonyl (C=O) groups is 1. The third kappa shape index (κ3) is 9.50. The van der Waals surface area contributed by atoms with Gasteiger partial charge in [0.1, 0.15) is 0 Å². The van der Waals surface area contributed by atoms with Gasteiger partial charge in [0, 0.05) is 15.7 Å². The van der Waals surface area contributed by atoms with Crippen LogP contribution in [0.4, 0.5) is 0 Å². The molecule has 1 atom stereocenters. The Bertz CT molecular complexity index is 291. The maximum absolute atomic E-state index is 12.5. The molecular weight excluding hydrogens is 254 g/mol. The Kier molecular flexibility index (Phi) is 6.61. The number of rotatable bonds is 5. The first-order valence-electron chi connectivity index (χ1n) is 7.18. The molecule has 0 heterocycles. The van der Waals surface area contributed by atoms with Gasteiger partial charge in [-0.3, -0.25) is 4.79 Å². The number of thioether (sulfide) groups is 1. The number of hydrogen-bond donors (Lipinski definition) is 1. The Morgan fingerprint density at radius 3 is 1.79 bits per heavy atom. The lowest BCUT2D eigenvalue weighted by Gasteiger charge is -2.32. The van der Waals surface area contributed by atoms with Crippen molar-refractivity contribution in [3.8, 4) is 0 Å². The van der Waals surface area contributed by atoms with Gasteiger partial charge in [-0.25, -0.2) is 0 Å². The zero-order valence-corrected chi connectivity index (χ0v) is 15.1. The van der Waals surface area contributed by atoms with Crippen molar-refractivity contribution in [1.82, 2.24) is 5.32 Å². The second kappa shape index (κ2) is 6.62. The van der Waals surface area contributed by atoms with Crippen LogP contribution in [0.1, 0.15) is 68.7 Å². The molecule has 1 N–H and O–H groups in total. The van der Waals surface area contributed by atoms with Gasteiger partial charge in [0.25, 0.3) is 0 Å². The summed E-state index contributed by atoms with van der Waals surface area (Å²) >= 11 is 1.92. The zero-order chi connectivity index (χ0) is 15.5. The lowest BCUT2D eigenvalue weighted by Crippen LogP contribution is -2.51. The highest BCUT2D eigenvalue weighted by Crippen LogP contribution is 2.26. The van der Waals surface area contributed by atoms with Crippen LogP contribution in [0.5, 0.6) is 0 Å². The van der Waals surface area contributed by atoms with Crippen LogP contribution in [-0.4, -0.2) is 27.9 Å². The number of hydrogen-bond acceptors (Lipinski definition) is 3. The van der Waals surface area contributed by atoms with E-state index in [-0.39, 0.29) is 21.7 Å². The van der Waals surface area contributed by atoms with Crippen LogP contribution in [0.15, 0.2) is 0 Å². The van der Waals surface area contributed by atoms with Crippen molar-refractivity contribution in [1.29, 1.82) is 0 Å². The second-order valence-corrected chi connectivity index (χ2v) is 10.2. The molecule has 0 saturated carbocycles. The molecule has 3 heteroatoms. The standard InChI is InChI=1S/C16H33NOS/c1-14(2,3)13(18)12(17-15(4,5)6)10-11-19-16(7,8)9/h12,17H,10-11H2,1-9H3/t12-/m1/s1. The normalized spacial score (nSPS) is 15.4. The molecule has 0 aliphatic carbocycles. The molecule has 0 amide bonds. The first kappa shape index (κ1) is 19.0. The van der Waals surface area contributed by atoms with Gasteiger partial charge in [-0.05, 0) is 32.9 Å². The topological polar surface area (TPSA) is 29.1 Å². The third-order valence-electron chi connectivity index (χ3n) is 2.60. The molecule has 114 valence electrons. The Hall–Kier alpha value is -0.0200. The van der Waals surface area contributed by atoms with E-state index < -0.39 is 0 Å². The van der Waals surface area contributed by atoms with Crippen LogP contribution in [0.3, 0.4) is 0 Å². The van der Waals surface area contributed by atoms with Crippen molar-refractivity contribution in [3.05, 3.63) is 0 Å². The molecule has 0 aliphatic heterocycles.